The quantitative estimate of drug-likeness (QED) is 0.725. The van der Waals surface area contributed by atoms with Gasteiger partial charge >= 0.3 is 6.36 Å². The van der Waals surface area contributed by atoms with E-state index in [9.17, 15) is 13.2 Å². The van der Waals surface area contributed by atoms with E-state index in [0.29, 0.717) is 0 Å². The third kappa shape index (κ3) is 2.53. The van der Waals surface area contributed by atoms with Crippen LogP contribution in [0.2, 0.25) is 0 Å². The number of alkyl halides is 3. The smallest absolute Gasteiger partial charge is 0.404 e. The molecular formula is C8H8F3NO2. The number of aliphatic hydroxyl groups is 1. The zero-order valence-electron chi connectivity index (χ0n) is 7.01. The van der Waals surface area contributed by atoms with E-state index in [4.69, 9.17) is 10.8 Å². The molecule has 0 aliphatic carbocycles. The van der Waals surface area contributed by atoms with Crippen LogP contribution in [0.25, 0.3) is 0 Å². The van der Waals surface area contributed by atoms with Crippen molar-refractivity contribution in [3.63, 3.8) is 0 Å². The maximum atomic E-state index is 11.8. The van der Waals surface area contributed by atoms with Crippen LogP contribution in [0, 0.1) is 0 Å². The molecule has 0 radical (unpaired) electrons. The first kappa shape index (κ1) is 10.6. The molecule has 0 aliphatic heterocycles. The Morgan fingerprint density at radius 2 is 2.00 bits per heavy atom. The Morgan fingerprint density at radius 1 is 1.36 bits per heavy atom. The summed E-state index contributed by atoms with van der Waals surface area (Å²) in [6.45, 7) is -0.430. The monoisotopic (exact) mass is 207 g/mol. The molecule has 0 amide bonds. The van der Waals surface area contributed by atoms with Gasteiger partial charge in [-0.3, -0.25) is 0 Å². The molecule has 6 heteroatoms. The largest absolute Gasteiger partial charge is 0.573 e. The van der Waals surface area contributed by atoms with Crippen LogP contribution in [0.15, 0.2) is 18.2 Å². The fraction of sp³-hybridized carbons (Fsp3) is 0.250. The Balaban J connectivity index is 2.98. The highest BCUT2D eigenvalue weighted by Gasteiger charge is 2.32. The van der Waals surface area contributed by atoms with Crippen LogP contribution in [0.1, 0.15) is 5.56 Å². The number of aliphatic hydroxyl groups excluding tert-OH is 1. The highest BCUT2D eigenvalue weighted by Crippen LogP contribution is 2.30. The van der Waals surface area contributed by atoms with Crippen LogP contribution in [0.3, 0.4) is 0 Å². The molecule has 1 aromatic rings. The maximum absolute atomic E-state index is 11.8. The molecule has 3 nitrogen and oxygen atoms in total. The van der Waals surface area contributed by atoms with Gasteiger partial charge in [-0.15, -0.1) is 13.2 Å². The Bertz CT molecular complexity index is 325. The number of nitrogens with two attached hydrogens (primary N) is 1. The van der Waals surface area contributed by atoms with Crippen LogP contribution >= 0.6 is 0 Å². The molecule has 0 fully saturated rings. The van der Waals surface area contributed by atoms with E-state index in [1.54, 1.807) is 0 Å². The fourth-order valence-electron chi connectivity index (χ4n) is 0.941. The van der Waals surface area contributed by atoms with Gasteiger partial charge in [-0.25, -0.2) is 0 Å². The van der Waals surface area contributed by atoms with E-state index in [1.807, 2.05) is 0 Å². The van der Waals surface area contributed by atoms with Crippen molar-refractivity contribution in [3.8, 4) is 5.75 Å². The predicted molar refractivity (Wildman–Crippen MR) is 43.5 cm³/mol. The number of halogens is 3. The van der Waals surface area contributed by atoms with Gasteiger partial charge in [-0.1, -0.05) is 12.1 Å². The van der Waals surface area contributed by atoms with Crippen LogP contribution in [-0.2, 0) is 6.61 Å². The molecule has 14 heavy (non-hydrogen) atoms. The van der Waals surface area contributed by atoms with Crippen LogP contribution < -0.4 is 10.5 Å². The molecule has 0 aliphatic rings. The standard InChI is InChI=1S/C8H8F3NO2/c9-8(10,11)14-6-3-1-2-5(4-13)7(6)12/h1-3,13H,4,12H2. The molecule has 0 bridgehead atoms. The van der Waals surface area contributed by atoms with Crippen LogP contribution in [-0.4, -0.2) is 11.5 Å². The SMILES string of the molecule is Nc1c(CO)cccc1OC(F)(F)F. The molecule has 0 saturated carbocycles. The molecule has 0 atom stereocenters. The summed E-state index contributed by atoms with van der Waals surface area (Å²) >= 11 is 0. The summed E-state index contributed by atoms with van der Waals surface area (Å²) in [6.07, 6.45) is -4.78. The van der Waals surface area contributed by atoms with Gasteiger partial charge in [0.25, 0.3) is 0 Å². The lowest BCUT2D eigenvalue weighted by Crippen LogP contribution is -2.18. The van der Waals surface area contributed by atoms with Gasteiger partial charge in [0, 0.05) is 5.56 Å². The second kappa shape index (κ2) is 3.75. The van der Waals surface area contributed by atoms with Gasteiger partial charge in [-0.2, -0.15) is 0 Å². The Hall–Kier alpha value is -1.43. The molecule has 1 aromatic carbocycles. The highest BCUT2D eigenvalue weighted by atomic mass is 19.4. The predicted octanol–water partition coefficient (Wildman–Crippen LogP) is 1.66. The maximum Gasteiger partial charge on any atom is 0.573 e. The van der Waals surface area contributed by atoms with Crippen LogP contribution in [0.5, 0.6) is 5.75 Å². The Labute approximate surface area is 77.9 Å². The summed E-state index contributed by atoms with van der Waals surface area (Å²) in [6, 6.07) is 3.82. The first-order chi connectivity index (χ1) is 6.44. The molecule has 0 spiro atoms. The van der Waals surface area contributed by atoms with Crippen molar-refractivity contribution >= 4 is 5.69 Å². The second-order valence-electron chi connectivity index (χ2n) is 2.53. The second-order valence-corrected chi connectivity index (χ2v) is 2.53. The highest BCUT2D eigenvalue weighted by molar-refractivity contribution is 5.58. The van der Waals surface area contributed by atoms with E-state index in [2.05, 4.69) is 4.74 Å². The van der Waals surface area contributed by atoms with Gasteiger partial charge in [0.1, 0.15) is 0 Å². The number of para-hydroxylation sites is 1. The van der Waals surface area contributed by atoms with Crippen molar-refractivity contribution in [2.75, 3.05) is 5.73 Å². The number of nitrogen functional groups attached to an aromatic ring is 1. The summed E-state index contributed by atoms with van der Waals surface area (Å²) < 4.78 is 39.1. The number of anilines is 1. The van der Waals surface area contributed by atoms with E-state index in [1.165, 1.54) is 12.1 Å². The molecule has 0 saturated heterocycles. The fourth-order valence-corrected chi connectivity index (χ4v) is 0.941. The third-order valence-corrected chi connectivity index (χ3v) is 1.55. The lowest BCUT2D eigenvalue weighted by molar-refractivity contribution is -0.274. The van der Waals surface area contributed by atoms with Crippen molar-refractivity contribution in [2.24, 2.45) is 0 Å². The molecule has 0 heterocycles. The number of hydrogen-bond acceptors (Lipinski definition) is 3. The minimum atomic E-state index is -4.78. The van der Waals surface area contributed by atoms with E-state index in [-0.39, 0.29) is 11.3 Å². The number of rotatable bonds is 2. The first-order valence-corrected chi connectivity index (χ1v) is 3.68. The molecule has 3 N–H and O–H groups in total. The zero-order chi connectivity index (χ0) is 10.8. The van der Waals surface area contributed by atoms with Crippen molar-refractivity contribution < 1.29 is 23.0 Å². The molecule has 78 valence electrons. The summed E-state index contributed by atoms with van der Waals surface area (Å²) in [5.74, 6) is -0.496. The normalized spacial score (nSPS) is 11.4. The van der Waals surface area contributed by atoms with E-state index in [0.717, 1.165) is 6.07 Å². The van der Waals surface area contributed by atoms with Gasteiger partial charge < -0.3 is 15.6 Å². The van der Waals surface area contributed by atoms with Gasteiger partial charge in [0.05, 0.1) is 12.3 Å². The average Bonchev–Trinajstić information content (AvgIpc) is 2.06. The third-order valence-electron chi connectivity index (χ3n) is 1.55. The average molecular weight is 207 g/mol. The van der Waals surface area contributed by atoms with E-state index < -0.39 is 18.7 Å². The molecule has 1 rings (SSSR count). The lowest BCUT2D eigenvalue weighted by Gasteiger charge is -2.12. The summed E-state index contributed by atoms with van der Waals surface area (Å²) in [5.41, 5.74) is 5.32. The zero-order valence-corrected chi connectivity index (χ0v) is 7.01. The number of ether oxygens (including phenoxy) is 1. The van der Waals surface area contributed by atoms with Gasteiger partial charge in [0.15, 0.2) is 5.75 Å². The topological polar surface area (TPSA) is 55.5 Å². The lowest BCUT2D eigenvalue weighted by atomic mass is 10.2. The van der Waals surface area contributed by atoms with Gasteiger partial charge in [-0.05, 0) is 6.07 Å². The van der Waals surface area contributed by atoms with Crippen molar-refractivity contribution in [2.45, 2.75) is 13.0 Å². The van der Waals surface area contributed by atoms with Crippen LogP contribution in [0.4, 0.5) is 18.9 Å². The minimum absolute atomic E-state index is 0.201. The first-order valence-electron chi connectivity index (χ1n) is 3.68. The Kier molecular flexibility index (Phi) is 2.85. The number of hydrogen-bond donors (Lipinski definition) is 2. The molecule has 0 unspecified atom stereocenters. The summed E-state index contributed by atoms with van der Waals surface area (Å²) in [5, 5.41) is 8.72. The minimum Gasteiger partial charge on any atom is -0.404 e. The molecule has 0 aromatic heterocycles. The summed E-state index contributed by atoms with van der Waals surface area (Å²) in [7, 11) is 0. The van der Waals surface area contributed by atoms with Crippen molar-refractivity contribution in [3.05, 3.63) is 23.8 Å². The van der Waals surface area contributed by atoms with E-state index >= 15 is 0 Å². The molecular weight excluding hydrogens is 199 g/mol. The Morgan fingerprint density at radius 3 is 2.50 bits per heavy atom. The number of benzene rings is 1. The van der Waals surface area contributed by atoms with Gasteiger partial charge in [0.2, 0.25) is 0 Å². The van der Waals surface area contributed by atoms with Crippen molar-refractivity contribution in [1.29, 1.82) is 0 Å². The summed E-state index contributed by atoms with van der Waals surface area (Å²) in [4.78, 5) is 0. The van der Waals surface area contributed by atoms with Crippen molar-refractivity contribution in [1.82, 2.24) is 0 Å².